The lowest BCUT2D eigenvalue weighted by Gasteiger charge is -2.29. The molecule has 0 atom stereocenters. The van der Waals surface area contributed by atoms with Crippen LogP contribution in [0.1, 0.15) is 63.8 Å². The molecule has 0 aliphatic heterocycles. The molecule has 21 heavy (non-hydrogen) atoms. The zero-order valence-corrected chi connectivity index (χ0v) is 13.5. The second-order valence-electron chi connectivity index (χ2n) is 6.29. The normalized spacial score (nSPS) is 18.4. The molecule has 0 aromatic carbocycles. The average Bonchev–Trinajstić information content (AvgIpc) is 2.74. The Bertz CT molecular complexity index is 470. The fraction of sp³-hybridized carbons (Fsp3) is 0.765. The number of aryl methyl sites for hydroxylation is 2. The molecule has 0 saturated heterocycles. The number of rotatable bonds is 6. The summed E-state index contributed by atoms with van der Waals surface area (Å²) < 4.78 is 1.97. The minimum absolute atomic E-state index is 0.286. The molecule has 1 aliphatic rings. The number of carbonyl (C=O) groups excluding carboxylic acids is 1. The molecule has 0 unspecified atom stereocenters. The van der Waals surface area contributed by atoms with Gasteiger partial charge in [0.05, 0.1) is 5.69 Å². The Kier molecular flexibility index (Phi) is 5.57. The Hall–Kier alpha value is -1.16. The van der Waals surface area contributed by atoms with Gasteiger partial charge >= 0.3 is 0 Å². The molecule has 0 radical (unpaired) electrons. The van der Waals surface area contributed by atoms with Gasteiger partial charge in [-0.3, -0.25) is 9.48 Å². The van der Waals surface area contributed by atoms with Crippen molar-refractivity contribution in [3.63, 3.8) is 0 Å². The van der Waals surface area contributed by atoms with E-state index in [1.54, 1.807) is 0 Å². The van der Waals surface area contributed by atoms with Gasteiger partial charge in [0.2, 0.25) is 0 Å². The number of nitrogens with two attached hydrogens (primary N) is 1. The summed E-state index contributed by atoms with van der Waals surface area (Å²) in [5.74, 6) is 0.323. The third-order valence-corrected chi connectivity index (χ3v) is 4.96. The molecule has 2 N–H and O–H groups in total. The van der Waals surface area contributed by atoms with E-state index in [2.05, 4.69) is 25.0 Å². The van der Waals surface area contributed by atoms with E-state index in [-0.39, 0.29) is 5.41 Å². The molecule has 4 nitrogen and oxygen atoms in total. The average molecular weight is 291 g/mol. The molecule has 4 heteroatoms. The van der Waals surface area contributed by atoms with Crippen molar-refractivity contribution in [1.82, 2.24) is 9.78 Å². The number of Topliss-reactive ketones (excluding diaryl/α,β-unsaturated/α-hetero) is 1. The van der Waals surface area contributed by atoms with Crippen molar-refractivity contribution in [3.05, 3.63) is 17.5 Å². The van der Waals surface area contributed by atoms with Crippen LogP contribution in [0.25, 0.3) is 0 Å². The topological polar surface area (TPSA) is 60.9 Å². The van der Waals surface area contributed by atoms with Crippen molar-refractivity contribution < 1.29 is 4.79 Å². The van der Waals surface area contributed by atoms with E-state index < -0.39 is 0 Å². The summed E-state index contributed by atoms with van der Waals surface area (Å²) in [6.45, 7) is 5.48. The summed E-state index contributed by atoms with van der Waals surface area (Å²) in [5, 5.41) is 4.55. The van der Waals surface area contributed by atoms with Crippen LogP contribution in [0.15, 0.2) is 6.07 Å². The standard InChI is InChI=1S/C17H29N3O/c1-3-14-11-15(20(4-2)19-14)12-16(21)17(13-18)9-7-5-6-8-10-17/h11H,3-10,12-13,18H2,1-2H3. The summed E-state index contributed by atoms with van der Waals surface area (Å²) >= 11 is 0. The van der Waals surface area contributed by atoms with Gasteiger partial charge in [0.1, 0.15) is 5.78 Å². The largest absolute Gasteiger partial charge is 0.329 e. The zero-order chi connectivity index (χ0) is 15.3. The Morgan fingerprint density at radius 2 is 1.95 bits per heavy atom. The molecule has 0 amide bonds. The van der Waals surface area contributed by atoms with Crippen LogP contribution in [-0.2, 0) is 24.2 Å². The van der Waals surface area contributed by atoms with E-state index in [0.29, 0.717) is 18.7 Å². The maximum atomic E-state index is 12.9. The lowest BCUT2D eigenvalue weighted by Crippen LogP contribution is -2.39. The molecule has 0 bridgehead atoms. The van der Waals surface area contributed by atoms with Crippen LogP contribution in [-0.4, -0.2) is 22.1 Å². The van der Waals surface area contributed by atoms with Crippen molar-refractivity contribution >= 4 is 5.78 Å². The van der Waals surface area contributed by atoms with E-state index in [9.17, 15) is 4.79 Å². The summed E-state index contributed by atoms with van der Waals surface area (Å²) in [4.78, 5) is 12.9. The predicted molar refractivity (Wildman–Crippen MR) is 85.2 cm³/mol. The number of nitrogens with zero attached hydrogens (tertiary/aromatic N) is 2. The first-order valence-corrected chi connectivity index (χ1v) is 8.44. The summed E-state index contributed by atoms with van der Waals surface area (Å²) in [7, 11) is 0. The van der Waals surface area contributed by atoms with Gasteiger partial charge in [-0.2, -0.15) is 5.10 Å². The number of hydrogen-bond acceptors (Lipinski definition) is 3. The van der Waals surface area contributed by atoms with Gasteiger partial charge < -0.3 is 5.73 Å². The van der Waals surface area contributed by atoms with Gasteiger partial charge in [-0.1, -0.05) is 32.6 Å². The number of ketones is 1. The van der Waals surface area contributed by atoms with Crippen molar-refractivity contribution in [2.75, 3.05) is 6.54 Å². The number of aromatic nitrogens is 2. The molecule has 1 heterocycles. The molecule has 1 saturated carbocycles. The van der Waals surface area contributed by atoms with Crippen LogP contribution < -0.4 is 5.73 Å². The first-order valence-electron chi connectivity index (χ1n) is 8.44. The molecule has 0 spiro atoms. The van der Waals surface area contributed by atoms with Crippen LogP contribution in [0.5, 0.6) is 0 Å². The maximum absolute atomic E-state index is 12.9. The van der Waals surface area contributed by atoms with E-state index in [0.717, 1.165) is 50.0 Å². The predicted octanol–water partition coefficient (Wildman–Crippen LogP) is 2.88. The highest BCUT2D eigenvalue weighted by Gasteiger charge is 2.37. The lowest BCUT2D eigenvalue weighted by atomic mass is 9.75. The molecule has 2 rings (SSSR count). The molecular weight excluding hydrogens is 262 g/mol. The van der Waals surface area contributed by atoms with Gasteiger partial charge in [0.25, 0.3) is 0 Å². The minimum atomic E-state index is -0.286. The SMILES string of the molecule is CCc1cc(CC(=O)C2(CN)CCCCCC2)n(CC)n1. The van der Waals surface area contributed by atoms with Crippen molar-refractivity contribution in [3.8, 4) is 0 Å². The molecule has 1 aromatic rings. The van der Waals surface area contributed by atoms with Crippen molar-refractivity contribution in [1.29, 1.82) is 0 Å². The second kappa shape index (κ2) is 7.21. The van der Waals surface area contributed by atoms with Crippen molar-refractivity contribution in [2.24, 2.45) is 11.1 Å². The molecule has 1 aliphatic carbocycles. The smallest absolute Gasteiger partial charge is 0.146 e. The number of carbonyl (C=O) groups is 1. The van der Waals surface area contributed by atoms with Crippen LogP contribution in [0.3, 0.4) is 0 Å². The van der Waals surface area contributed by atoms with Crippen LogP contribution >= 0.6 is 0 Å². The minimum Gasteiger partial charge on any atom is -0.329 e. The van der Waals surface area contributed by atoms with Crippen molar-refractivity contribution in [2.45, 2.75) is 71.8 Å². The van der Waals surface area contributed by atoms with E-state index in [1.807, 2.05) is 4.68 Å². The number of hydrogen-bond donors (Lipinski definition) is 1. The van der Waals surface area contributed by atoms with E-state index >= 15 is 0 Å². The Morgan fingerprint density at radius 3 is 2.48 bits per heavy atom. The first kappa shape index (κ1) is 16.2. The van der Waals surface area contributed by atoms with Gasteiger partial charge in [0, 0.05) is 30.6 Å². The second-order valence-corrected chi connectivity index (χ2v) is 6.29. The lowest BCUT2D eigenvalue weighted by molar-refractivity contribution is -0.128. The third kappa shape index (κ3) is 3.54. The maximum Gasteiger partial charge on any atom is 0.146 e. The quantitative estimate of drug-likeness (QED) is 0.820. The van der Waals surface area contributed by atoms with Gasteiger partial charge in [-0.25, -0.2) is 0 Å². The highest BCUT2D eigenvalue weighted by molar-refractivity contribution is 5.86. The van der Waals surface area contributed by atoms with Crippen LogP contribution in [0.4, 0.5) is 0 Å². The Labute approximate surface area is 128 Å². The van der Waals surface area contributed by atoms with E-state index in [1.165, 1.54) is 12.8 Å². The Balaban J connectivity index is 2.16. The molecule has 1 aromatic heterocycles. The Morgan fingerprint density at radius 1 is 1.29 bits per heavy atom. The summed E-state index contributed by atoms with van der Waals surface area (Å²) in [5.41, 5.74) is 7.86. The zero-order valence-electron chi connectivity index (χ0n) is 13.5. The third-order valence-electron chi connectivity index (χ3n) is 4.96. The van der Waals surface area contributed by atoms with Gasteiger partial charge in [0.15, 0.2) is 0 Å². The van der Waals surface area contributed by atoms with Gasteiger partial charge in [-0.05, 0) is 32.3 Å². The monoisotopic (exact) mass is 291 g/mol. The molecule has 118 valence electrons. The highest BCUT2D eigenvalue weighted by Crippen LogP contribution is 2.36. The van der Waals surface area contributed by atoms with Gasteiger partial charge in [-0.15, -0.1) is 0 Å². The van der Waals surface area contributed by atoms with Crippen LogP contribution in [0.2, 0.25) is 0 Å². The highest BCUT2D eigenvalue weighted by atomic mass is 16.1. The molecular formula is C17H29N3O. The molecule has 1 fully saturated rings. The fourth-order valence-corrected chi connectivity index (χ4v) is 3.46. The summed E-state index contributed by atoms with van der Waals surface area (Å²) in [6.07, 6.45) is 8.07. The fourth-order valence-electron chi connectivity index (χ4n) is 3.46. The van der Waals surface area contributed by atoms with Crippen LogP contribution in [0, 0.1) is 5.41 Å². The summed E-state index contributed by atoms with van der Waals surface area (Å²) in [6, 6.07) is 2.09. The van der Waals surface area contributed by atoms with E-state index in [4.69, 9.17) is 5.73 Å². The first-order chi connectivity index (χ1) is 10.1.